The summed E-state index contributed by atoms with van der Waals surface area (Å²) in [5.74, 6) is 1.81. The monoisotopic (exact) mass is 155 g/mol. The highest BCUT2D eigenvalue weighted by Crippen LogP contribution is 2.27. The van der Waals surface area contributed by atoms with Crippen molar-refractivity contribution in [3.8, 4) is 0 Å². The number of hydrogen-bond donors (Lipinski definition) is 1. The van der Waals surface area contributed by atoms with E-state index in [4.69, 9.17) is 4.74 Å². The molecule has 2 fully saturated rings. The average molecular weight is 155 g/mol. The van der Waals surface area contributed by atoms with Crippen molar-refractivity contribution in [1.29, 1.82) is 0 Å². The van der Waals surface area contributed by atoms with E-state index in [0.717, 1.165) is 25.0 Å². The summed E-state index contributed by atoms with van der Waals surface area (Å²) < 4.78 is 5.29. The normalized spacial score (nSPS) is 31.1. The maximum Gasteiger partial charge on any atom is 0.0507 e. The van der Waals surface area contributed by atoms with Crippen LogP contribution in [0, 0.1) is 11.8 Å². The molecule has 2 nitrogen and oxygen atoms in total. The molecule has 1 aliphatic heterocycles. The van der Waals surface area contributed by atoms with Gasteiger partial charge in [0.1, 0.15) is 0 Å². The van der Waals surface area contributed by atoms with Crippen LogP contribution in [0.2, 0.25) is 0 Å². The molecule has 1 heterocycles. The highest BCUT2D eigenvalue weighted by molar-refractivity contribution is 4.76. The molecular weight excluding hydrogens is 138 g/mol. The van der Waals surface area contributed by atoms with Crippen LogP contribution in [0.3, 0.4) is 0 Å². The Bertz CT molecular complexity index is 117. The summed E-state index contributed by atoms with van der Waals surface area (Å²) in [5.41, 5.74) is 0. The van der Waals surface area contributed by atoms with Crippen molar-refractivity contribution < 1.29 is 4.74 Å². The van der Waals surface area contributed by atoms with Gasteiger partial charge in [0.05, 0.1) is 6.61 Å². The highest BCUT2D eigenvalue weighted by atomic mass is 16.5. The molecule has 0 aromatic heterocycles. The molecule has 1 saturated carbocycles. The summed E-state index contributed by atoms with van der Waals surface area (Å²) in [5, 5.41) is 3.51. The molecule has 0 spiro atoms. The maximum atomic E-state index is 5.29. The molecule has 0 bridgehead atoms. The fourth-order valence-corrected chi connectivity index (χ4v) is 1.56. The molecule has 2 rings (SSSR count). The van der Waals surface area contributed by atoms with Crippen molar-refractivity contribution in [2.24, 2.45) is 11.8 Å². The van der Waals surface area contributed by atoms with Crippen molar-refractivity contribution in [2.75, 3.05) is 26.3 Å². The van der Waals surface area contributed by atoms with E-state index in [1.807, 2.05) is 0 Å². The number of hydrogen-bond acceptors (Lipinski definition) is 2. The largest absolute Gasteiger partial charge is 0.381 e. The average Bonchev–Trinajstić information content (AvgIpc) is 2.66. The molecule has 0 amide bonds. The van der Waals surface area contributed by atoms with Gasteiger partial charge in [-0.2, -0.15) is 0 Å². The Morgan fingerprint density at radius 1 is 1.09 bits per heavy atom. The third kappa shape index (κ3) is 2.46. The van der Waals surface area contributed by atoms with Gasteiger partial charge in [-0.3, -0.25) is 0 Å². The van der Waals surface area contributed by atoms with E-state index in [2.05, 4.69) is 5.32 Å². The van der Waals surface area contributed by atoms with Crippen molar-refractivity contribution in [3.05, 3.63) is 0 Å². The topological polar surface area (TPSA) is 21.3 Å². The van der Waals surface area contributed by atoms with E-state index in [-0.39, 0.29) is 0 Å². The zero-order valence-corrected chi connectivity index (χ0v) is 7.01. The van der Waals surface area contributed by atoms with Crippen LogP contribution in [0.4, 0.5) is 0 Å². The summed E-state index contributed by atoms with van der Waals surface area (Å²) in [6.45, 7) is 4.39. The first-order valence-electron chi connectivity index (χ1n) is 4.73. The van der Waals surface area contributed by atoms with Crippen LogP contribution in [-0.2, 0) is 4.74 Å². The maximum absolute atomic E-state index is 5.29. The van der Waals surface area contributed by atoms with Crippen LogP contribution < -0.4 is 5.32 Å². The molecule has 2 heteroatoms. The number of rotatable bonds is 4. The molecule has 11 heavy (non-hydrogen) atoms. The fourth-order valence-electron chi connectivity index (χ4n) is 1.56. The van der Waals surface area contributed by atoms with Gasteiger partial charge in [-0.15, -0.1) is 0 Å². The van der Waals surface area contributed by atoms with Gasteiger partial charge in [0.15, 0.2) is 0 Å². The van der Waals surface area contributed by atoms with E-state index in [1.165, 1.54) is 32.4 Å². The molecule has 0 radical (unpaired) electrons. The Morgan fingerprint density at radius 2 is 1.91 bits per heavy atom. The van der Waals surface area contributed by atoms with E-state index >= 15 is 0 Å². The zero-order valence-electron chi connectivity index (χ0n) is 7.01. The fraction of sp³-hybridized carbons (Fsp3) is 1.00. The van der Waals surface area contributed by atoms with Crippen LogP contribution in [0.5, 0.6) is 0 Å². The SMILES string of the molecule is C1C[C@H](CNCC2CC2)CO1. The van der Waals surface area contributed by atoms with E-state index in [0.29, 0.717) is 0 Å². The zero-order chi connectivity index (χ0) is 7.52. The first-order chi connectivity index (χ1) is 5.45. The van der Waals surface area contributed by atoms with E-state index in [1.54, 1.807) is 0 Å². The van der Waals surface area contributed by atoms with Crippen LogP contribution >= 0.6 is 0 Å². The predicted octanol–water partition coefficient (Wildman–Crippen LogP) is 1.02. The Hall–Kier alpha value is -0.0800. The van der Waals surface area contributed by atoms with E-state index < -0.39 is 0 Å². The minimum atomic E-state index is 0.800. The van der Waals surface area contributed by atoms with Crippen molar-refractivity contribution >= 4 is 0 Å². The Labute approximate surface area is 68.3 Å². The third-order valence-electron chi connectivity index (χ3n) is 2.59. The number of nitrogens with one attached hydrogen (secondary N) is 1. The van der Waals surface area contributed by atoms with Crippen LogP contribution in [-0.4, -0.2) is 26.3 Å². The Morgan fingerprint density at radius 3 is 2.55 bits per heavy atom. The number of ether oxygens (including phenoxy) is 1. The standard InChI is InChI=1S/C9H17NO/c1-2-8(1)5-10-6-9-3-4-11-7-9/h8-10H,1-7H2/t9-/m1/s1. The Kier molecular flexibility index (Phi) is 2.44. The van der Waals surface area contributed by atoms with Crippen molar-refractivity contribution in [3.63, 3.8) is 0 Å². The summed E-state index contributed by atoms with van der Waals surface area (Å²) >= 11 is 0. The van der Waals surface area contributed by atoms with Gasteiger partial charge in [-0.25, -0.2) is 0 Å². The van der Waals surface area contributed by atoms with Crippen LogP contribution in [0.25, 0.3) is 0 Å². The molecule has 0 aromatic carbocycles. The van der Waals surface area contributed by atoms with Gasteiger partial charge in [-0.05, 0) is 37.6 Å². The summed E-state index contributed by atoms with van der Waals surface area (Å²) in [7, 11) is 0. The molecule has 1 saturated heterocycles. The predicted molar refractivity (Wildman–Crippen MR) is 44.5 cm³/mol. The van der Waals surface area contributed by atoms with Crippen molar-refractivity contribution in [1.82, 2.24) is 5.32 Å². The minimum Gasteiger partial charge on any atom is -0.381 e. The van der Waals surface area contributed by atoms with Crippen molar-refractivity contribution in [2.45, 2.75) is 19.3 Å². The third-order valence-corrected chi connectivity index (χ3v) is 2.59. The summed E-state index contributed by atoms with van der Waals surface area (Å²) in [4.78, 5) is 0. The molecule has 0 unspecified atom stereocenters. The molecule has 0 aromatic rings. The molecular formula is C9H17NO. The first kappa shape index (κ1) is 7.56. The second kappa shape index (κ2) is 3.55. The minimum absolute atomic E-state index is 0.800. The lowest BCUT2D eigenvalue weighted by molar-refractivity contribution is 0.185. The van der Waals surface area contributed by atoms with Gasteiger partial charge in [0.25, 0.3) is 0 Å². The smallest absolute Gasteiger partial charge is 0.0507 e. The highest BCUT2D eigenvalue weighted by Gasteiger charge is 2.21. The Balaban J connectivity index is 1.51. The quantitative estimate of drug-likeness (QED) is 0.654. The lowest BCUT2D eigenvalue weighted by atomic mass is 10.1. The van der Waals surface area contributed by atoms with Crippen LogP contribution in [0.15, 0.2) is 0 Å². The van der Waals surface area contributed by atoms with Gasteiger partial charge in [0.2, 0.25) is 0 Å². The van der Waals surface area contributed by atoms with Gasteiger partial charge in [0, 0.05) is 13.2 Å². The van der Waals surface area contributed by atoms with Gasteiger partial charge < -0.3 is 10.1 Å². The molecule has 2 aliphatic rings. The van der Waals surface area contributed by atoms with Gasteiger partial charge >= 0.3 is 0 Å². The molecule has 1 atom stereocenters. The summed E-state index contributed by atoms with van der Waals surface area (Å²) in [6, 6.07) is 0. The molecule has 64 valence electrons. The lowest BCUT2D eigenvalue weighted by Gasteiger charge is -2.07. The van der Waals surface area contributed by atoms with E-state index in [9.17, 15) is 0 Å². The molecule has 1 N–H and O–H groups in total. The molecule has 1 aliphatic carbocycles. The lowest BCUT2D eigenvalue weighted by Crippen LogP contribution is -2.24. The second-order valence-electron chi connectivity index (χ2n) is 3.83. The van der Waals surface area contributed by atoms with Gasteiger partial charge in [-0.1, -0.05) is 0 Å². The van der Waals surface area contributed by atoms with Crippen LogP contribution in [0.1, 0.15) is 19.3 Å². The first-order valence-corrected chi connectivity index (χ1v) is 4.73. The second-order valence-corrected chi connectivity index (χ2v) is 3.83. The summed E-state index contributed by atoms with van der Waals surface area (Å²) in [6.07, 6.45) is 4.17.